The quantitative estimate of drug-likeness (QED) is 0.249. The lowest BCUT2D eigenvalue weighted by atomic mass is 9.91. The second kappa shape index (κ2) is 12.7. The average molecular weight is 416 g/mol. The van der Waals surface area contributed by atoms with Crippen LogP contribution in [0.25, 0.3) is 0 Å². The van der Waals surface area contributed by atoms with Gasteiger partial charge in [-0.15, -0.1) is 0 Å². The SMILES string of the molecule is COc1ccc(C(=O)NCCCCCC(=O)N/N=C\[C@H]2CC=C(C)CC2)cc1OC. The molecule has 0 spiro atoms. The first-order valence-electron chi connectivity index (χ1n) is 10.5. The van der Waals surface area contributed by atoms with Gasteiger partial charge in [0.05, 0.1) is 14.2 Å². The number of ether oxygens (including phenoxy) is 2. The van der Waals surface area contributed by atoms with Crippen molar-refractivity contribution in [2.75, 3.05) is 20.8 Å². The van der Waals surface area contributed by atoms with Crippen LogP contribution >= 0.6 is 0 Å². The second-order valence-corrected chi connectivity index (χ2v) is 7.53. The molecule has 1 aliphatic carbocycles. The number of carbonyl (C=O) groups excluding carboxylic acids is 2. The third-order valence-electron chi connectivity index (χ3n) is 5.17. The van der Waals surface area contributed by atoms with Crippen molar-refractivity contribution in [3.63, 3.8) is 0 Å². The molecule has 0 saturated carbocycles. The fraction of sp³-hybridized carbons (Fsp3) is 0.522. The summed E-state index contributed by atoms with van der Waals surface area (Å²) in [6.07, 6.45) is 10.2. The first-order valence-corrected chi connectivity index (χ1v) is 10.5. The molecule has 7 heteroatoms. The van der Waals surface area contributed by atoms with Crippen molar-refractivity contribution in [3.05, 3.63) is 35.4 Å². The molecule has 0 aliphatic heterocycles. The summed E-state index contributed by atoms with van der Waals surface area (Å²) in [5, 5.41) is 6.97. The molecule has 30 heavy (non-hydrogen) atoms. The summed E-state index contributed by atoms with van der Waals surface area (Å²) in [5.41, 5.74) is 4.57. The number of benzene rings is 1. The molecule has 0 fully saturated rings. The van der Waals surface area contributed by atoms with Gasteiger partial charge < -0.3 is 14.8 Å². The van der Waals surface area contributed by atoms with E-state index in [2.05, 4.69) is 28.8 Å². The van der Waals surface area contributed by atoms with Gasteiger partial charge in [0.2, 0.25) is 5.91 Å². The van der Waals surface area contributed by atoms with Gasteiger partial charge in [0, 0.05) is 24.7 Å². The highest BCUT2D eigenvalue weighted by Crippen LogP contribution is 2.27. The molecule has 1 atom stereocenters. The lowest BCUT2D eigenvalue weighted by molar-refractivity contribution is -0.121. The smallest absolute Gasteiger partial charge is 0.251 e. The maximum Gasteiger partial charge on any atom is 0.251 e. The number of hydrazone groups is 1. The Kier molecular flexibility index (Phi) is 9.91. The van der Waals surface area contributed by atoms with Crippen molar-refractivity contribution >= 4 is 18.0 Å². The number of hydrogen-bond donors (Lipinski definition) is 2. The second-order valence-electron chi connectivity index (χ2n) is 7.53. The van der Waals surface area contributed by atoms with Crippen LogP contribution in [0.5, 0.6) is 11.5 Å². The average Bonchev–Trinajstić information content (AvgIpc) is 2.76. The Hall–Kier alpha value is -2.83. The molecule has 0 bridgehead atoms. The van der Waals surface area contributed by atoms with Gasteiger partial charge in [-0.3, -0.25) is 9.59 Å². The summed E-state index contributed by atoms with van der Waals surface area (Å²) in [5.74, 6) is 1.30. The van der Waals surface area contributed by atoms with E-state index in [9.17, 15) is 9.59 Å². The number of allylic oxidation sites excluding steroid dienone is 2. The minimum absolute atomic E-state index is 0.0665. The highest BCUT2D eigenvalue weighted by atomic mass is 16.5. The zero-order valence-electron chi connectivity index (χ0n) is 18.2. The predicted octanol–water partition coefficient (Wildman–Crippen LogP) is 3.84. The van der Waals surface area contributed by atoms with Gasteiger partial charge >= 0.3 is 0 Å². The van der Waals surface area contributed by atoms with Gasteiger partial charge in [0.1, 0.15) is 0 Å². The number of hydrogen-bond acceptors (Lipinski definition) is 5. The molecule has 1 aromatic rings. The van der Waals surface area contributed by atoms with Crippen molar-refractivity contribution in [2.45, 2.75) is 51.9 Å². The van der Waals surface area contributed by atoms with E-state index in [4.69, 9.17) is 9.47 Å². The zero-order valence-corrected chi connectivity index (χ0v) is 18.2. The van der Waals surface area contributed by atoms with Gasteiger partial charge in [-0.05, 0) is 63.1 Å². The van der Waals surface area contributed by atoms with E-state index in [1.807, 2.05) is 6.21 Å². The molecule has 0 heterocycles. The molecule has 164 valence electrons. The number of nitrogens with one attached hydrogen (secondary N) is 2. The minimum Gasteiger partial charge on any atom is -0.493 e. The molecule has 7 nitrogen and oxygen atoms in total. The molecule has 0 unspecified atom stereocenters. The lowest BCUT2D eigenvalue weighted by Crippen LogP contribution is -2.24. The molecule has 2 rings (SSSR count). The van der Waals surface area contributed by atoms with E-state index < -0.39 is 0 Å². The number of nitrogens with zero attached hydrogens (tertiary/aromatic N) is 1. The molecule has 2 N–H and O–H groups in total. The largest absolute Gasteiger partial charge is 0.493 e. The number of methoxy groups -OCH3 is 2. The van der Waals surface area contributed by atoms with Crippen LogP contribution in [0.15, 0.2) is 34.9 Å². The van der Waals surface area contributed by atoms with Crippen molar-refractivity contribution < 1.29 is 19.1 Å². The third kappa shape index (κ3) is 7.89. The van der Waals surface area contributed by atoms with E-state index >= 15 is 0 Å². The van der Waals surface area contributed by atoms with E-state index in [1.54, 1.807) is 25.3 Å². The number of rotatable bonds is 11. The maximum absolute atomic E-state index is 12.2. The first kappa shape index (κ1) is 23.4. The van der Waals surface area contributed by atoms with E-state index in [1.165, 1.54) is 12.7 Å². The Labute approximate surface area is 178 Å². The molecule has 0 radical (unpaired) electrons. The summed E-state index contributed by atoms with van der Waals surface area (Å²) in [6, 6.07) is 5.07. The van der Waals surface area contributed by atoms with Gasteiger partial charge in [-0.2, -0.15) is 5.10 Å². The molecule has 0 aromatic heterocycles. The zero-order chi connectivity index (χ0) is 21.8. The Balaban J connectivity index is 1.57. The Bertz CT molecular complexity index is 774. The maximum atomic E-state index is 12.2. The van der Waals surface area contributed by atoms with Gasteiger partial charge in [-0.25, -0.2) is 5.43 Å². The van der Waals surface area contributed by atoms with Crippen LogP contribution in [0.2, 0.25) is 0 Å². The summed E-state index contributed by atoms with van der Waals surface area (Å²) in [6.45, 7) is 2.71. The summed E-state index contributed by atoms with van der Waals surface area (Å²) >= 11 is 0. The predicted molar refractivity (Wildman–Crippen MR) is 118 cm³/mol. The number of carbonyl (C=O) groups is 2. The van der Waals surface area contributed by atoms with Crippen LogP contribution in [-0.2, 0) is 4.79 Å². The fourth-order valence-electron chi connectivity index (χ4n) is 3.26. The van der Waals surface area contributed by atoms with Crippen molar-refractivity contribution in [2.24, 2.45) is 11.0 Å². The molecular formula is C23H33N3O4. The summed E-state index contributed by atoms with van der Waals surface area (Å²) in [7, 11) is 3.09. The van der Waals surface area contributed by atoms with Crippen LogP contribution in [0.1, 0.15) is 62.2 Å². The molecule has 2 amide bonds. The van der Waals surface area contributed by atoms with Crippen LogP contribution < -0.4 is 20.2 Å². The van der Waals surface area contributed by atoms with E-state index in [-0.39, 0.29) is 11.8 Å². The monoisotopic (exact) mass is 415 g/mol. The Morgan fingerprint density at radius 1 is 1.17 bits per heavy atom. The Morgan fingerprint density at radius 2 is 1.97 bits per heavy atom. The van der Waals surface area contributed by atoms with Crippen LogP contribution in [-0.4, -0.2) is 38.8 Å². The highest BCUT2D eigenvalue weighted by Gasteiger charge is 2.11. The van der Waals surface area contributed by atoms with Crippen LogP contribution in [0.4, 0.5) is 0 Å². The molecule has 1 aliphatic rings. The molecular weight excluding hydrogens is 382 g/mol. The van der Waals surface area contributed by atoms with Gasteiger partial charge in [0.15, 0.2) is 11.5 Å². The molecule has 1 aromatic carbocycles. The van der Waals surface area contributed by atoms with Gasteiger partial charge in [0.25, 0.3) is 5.91 Å². The number of amides is 2. The Morgan fingerprint density at radius 3 is 2.67 bits per heavy atom. The third-order valence-corrected chi connectivity index (χ3v) is 5.17. The lowest BCUT2D eigenvalue weighted by Gasteiger charge is -2.15. The van der Waals surface area contributed by atoms with Crippen LogP contribution in [0, 0.1) is 5.92 Å². The van der Waals surface area contributed by atoms with E-state index in [0.29, 0.717) is 35.9 Å². The topological polar surface area (TPSA) is 89.0 Å². The summed E-state index contributed by atoms with van der Waals surface area (Å²) < 4.78 is 10.4. The van der Waals surface area contributed by atoms with Crippen molar-refractivity contribution in [1.29, 1.82) is 0 Å². The van der Waals surface area contributed by atoms with Crippen molar-refractivity contribution in [1.82, 2.24) is 10.7 Å². The normalized spacial score (nSPS) is 16.1. The number of unbranched alkanes of at least 4 members (excludes halogenated alkanes) is 2. The standard InChI is InChI=1S/C23H33N3O4/c1-17-8-10-18(11-9-17)16-25-26-22(27)7-5-4-6-14-24-23(28)19-12-13-20(29-2)21(15-19)30-3/h8,12-13,15-16,18H,4-7,9-11,14H2,1-3H3,(H,24,28)(H,26,27)/b25-16-/t18-/m0/s1. The minimum atomic E-state index is -0.157. The summed E-state index contributed by atoms with van der Waals surface area (Å²) in [4.78, 5) is 24.1. The van der Waals surface area contributed by atoms with Gasteiger partial charge in [-0.1, -0.05) is 18.1 Å². The molecule has 0 saturated heterocycles. The van der Waals surface area contributed by atoms with Crippen molar-refractivity contribution in [3.8, 4) is 11.5 Å². The van der Waals surface area contributed by atoms with Crippen LogP contribution in [0.3, 0.4) is 0 Å². The van der Waals surface area contributed by atoms with E-state index in [0.717, 1.165) is 38.5 Å². The fourth-order valence-corrected chi connectivity index (χ4v) is 3.26. The first-order chi connectivity index (χ1) is 14.5. The highest BCUT2D eigenvalue weighted by molar-refractivity contribution is 5.94.